The highest BCUT2D eigenvalue weighted by Gasteiger charge is 2.22. The minimum Gasteiger partial charge on any atom is -0.478 e. The second-order valence-electron chi connectivity index (χ2n) is 4.79. The molecule has 0 aliphatic heterocycles. The number of carbonyl (C=O) groups is 1. The Balaban J connectivity index is 2.03. The molecular formula is C14H10FN3O4S2. The van der Waals surface area contributed by atoms with E-state index in [1.807, 2.05) is 0 Å². The molecule has 4 N–H and O–H groups in total. The Morgan fingerprint density at radius 2 is 1.92 bits per heavy atom. The fourth-order valence-electron chi connectivity index (χ4n) is 2.08. The topological polar surface area (TPSA) is 122 Å². The Labute approximate surface area is 139 Å². The lowest BCUT2D eigenvalue weighted by Gasteiger charge is -2.09. The number of sulfonamides is 1. The lowest BCUT2D eigenvalue weighted by molar-refractivity contribution is 0.0697. The minimum atomic E-state index is -4.13. The van der Waals surface area contributed by atoms with Crippen LogP contribution in [0.25, 0.3) is 10.2 Å². The molecule has 0 aliphatic rings. The third-order valence-electron chi connectivity index (χ3n) is 3.11. The first-order chi connectivity index (χ1) is 11.3. The van der Waals surface area contributed by atoms with Gasteiger partial charge in [-0.25, -0.2) is 22.6 Å². The van der Waals surface area contributed by atoms with E-state index < -0.39 is 21.8 Å². The molecule has 1 aromatic heterocycles. The van der Waals surface area contributed by atoms with Crippen molar-refractivity contribution in [2.75, 3.05) is 10.5 Å². The van der Waals surface area contributed by atoms with Crippen LogP contribution in [0.5, 0.6) is 0 Å². The van der Waals surface area contributed by atoms with Crippen LogP contribution in [0.2, 0.25) is 0 Å². The molecule has 24 heavy (non-hydrogen) atoms. The van der Waals surface area contributed by atoms with Crippen molar-refractivity contribution in [3.63, 3.8) is 0 Å². The summed E-state index contributed by atoms with van der Waals surface area (Å²) in [6, 6.07) is 7.11. The Kier molecular flexibility index (Phi) is 3.85. The Bertz CT molecular complexity index is 1050. The van der Waals surface area contributed by atoms with E-state index in [1.165, 1.54) is 24.3 Å². The van der Waals surface area contributed by atoms with Crippen LogP contribution in [0.15, 0.2) is 41.3 Å². The maximum Gasteiger partial charge on any atom is 0.335 e. The van der Waals surface area contributed by atoms with Crippen LogP contribution >= 0.6 is 11.3 Å². The molecule has 0 radical (unpaired) electrons. The van der Waals surface area contributed by atoms with E-state index >= 15 is 0 Å². The van der Waals surface area contributed by atoms with Crippen LogP contribution < -0.4 is 10.5 Å². The quantitative estimate of drug-likeness (QED) is 0.651. The molecule has 7 nitrogen and oxygen atoms in total. The molecule has 0 saturated heterocycles. The van der Waals surface area contributed by atoms with Gasteiger partial charge in [0.15, 0.2) is 5.13 Å². The largest absolute Gasteiger partial charge is 0.478 e. The van der Waals surface area contributed by atoms with Gasteiger partial charge in [-0.2, -0.15) is 0 Å². The van der Waals surface area contributed by atoms with E-state index in [9.17, 15) is 17.6 Å². The molecule has 3 aromatic rings. The highest BCUT2D eigenvalue weighted by atomic mass is 32.2. The van der Waals surface area contributed by atoms with Crippen LogP contribution in [0.4, 0.5) is 15.2 Å². The van der Waals surface area contributed by atoms with Gasteiger partial charge in [-0.15, -0.1) is 0 Å². The number of nitrogens with one attached hydrogen (secondary N) is 1. The van der Waals surface area contributed by atoms with Crippen LogP contribution in [-0.2, 0) is 10.0 Å². The summed E-state index contributed by atoms with van der Waals surface area (Å²) in [5, 5.41) is 8.96. The molecule has 124 valence electrons. The highest BCUT2D eigenvalue weighted by molar-refractivity contribution is 7.93. The number of rotatable bonds is 4. The number of nitrogens with two attached hydrogens (primary N) is 1. The number of benzene rings is 2. The van der Waals surface area contributed by atoms with Crippen LogP contribution in [0.3, 0.4) is 0 Å². The maximum absolute atomic E-state index is 13.7. The molecule has 0 aliphatic carbocycles. The summed E-state index contributed by atoms with van der Waals surface area (Å²) in [6.07, 6.45) is 0. The van der Waals surface area contributed by atoms with Gasteiger partial charge < -0.3 is 10.8 Å². The number of halogens is 1. The summed E-state index contributed by atoms with van der Waals surface area (Å²) in [6.45, 7) is 0. The number of anilines is 2. The first kappa shape index (κ1) is 16.1. The first-order valence-corrected chi connectivity index (χ1v) is 8.78. The van der Waals surface area contributed by atoms with Gasteiger partial charge in [-0.05, 0) is 36.4 Å². The number of carboxylic acid groups (broad SMARTS) is 1. The number of hydrogen-bond acceptors (Lipinski definition) is 6. The first-order valence-electron chi connectivity index (χ1n) is 6.48. The monoisotopic (exact) mass is 367 g/mol. The third-order valence-corrected chi connectivity index (χ3v) is 5.34. The lowest BCUT2D eigenvalue weighted by atomic mass is 10.2. The normalized spacial score (nSPS) is 11.5. The van der Waals surface area contributed by atoms with E-state index in [0.29, 0.717) is 4.70 Å². The fraction of sp³-hybridized carbons (Fsp3) is 0. The molecule has 0 bridgehead atoms. The van der Waals surface area contributed by atoms with Crippen molar-refractivity contribution >= 4 is 48.4 Å². The number of aromatic nitrogens is 1. The Hall–Kier alpha value is -2.72. The molecule has 0 amide bonds. The standard InChI is InChI=1S/C14H10FN3O4S2/c15-8-5-10-12(17-14(16)23-10)11(6-8)24(21,22)18-9-3-1-7(2-4-9)13(19)20/h1-6,18H,(H2,16,17)(H,19,20). The molecule has 0 atom stereocenters. The number of fused-ring (bicyclic) bond motifs is 1. The molecule has 3 rings (SSSR count). The molecule has 0 unspecified atom stereocenters. The van der Waals surface area contributed by atoms with E-state index in [-0.39, 0.29) is 26.8 Å². The smallest absolute Gasteiger partial charge is 0.335 e. The second kappa shape index (κ2) is 5.73. The highest BCUT2D eigenvalue weighted by Crippen LogP contribution is 2.31. The predicted molar refractivity (Wildman–Crippen MR) is 88.2 cm³/mol. The average molecular weight is 367 g/mol. The van der Waals surface area contributed by atoms with E-state index in [1.54, 1.807) is 0 Å². The summed E-state index contributed by atoms with van der Waals surface area (Å²) in [7, 11) is -4.13. The van der Waals surface area contributed by atoms with Gasteiger partial charge in [0.05, 0.1) is 10.3 Å². The Morgan fingerprint density at radius 3 is 2.54 bits per heavy atom. The summed E-state index contributed by atoms with van der Waals surface area (Å²) in [5.41, 5.74) is 5.79. The van der Waals surface area contributed by atoms with Crippen molar-refractivity contribution in [2.24, 2.45) is 0 Å². The van der Waals surface area contributed by atoms with Gasteiger partial charge in [0, 0.05) is 5.69 Å². The SMILES string of the molecule is Nc1nc2c(S(=O)(=O)Nc3ccc(C(=O)O)cc3)cc(F)cc2s1. The van der Waals surface area contributed by atoms with Crippen molar-refractivity contribution in [3.05, 3.63) is 47.8 Å². The minimum absolute atomic E-state index is 0.0124. The number of carboxylic acids is 1. The summed E-state index contributed by atoms with van der Waals surface area (Å²) in [4.78, 5) is 14.4. The maximum atomic E-state index is 13.7. The van der Waals surface area contributed by atoms with Crippen LogP contribution in [0.1, 0.15) is 10.4 Å². The molecule has 0 spiro atoms. The van der Waals surface area contributed by atoms with Gasteiger partial charge in [0.1, 0.15) is 16.2 Å². The van der Waals surface area contributed by atoms with Crippen molar-refractivity contribution < 1.29 is 22.7 Å². The lowest BCUT2D eigenvalue weighted by Crippen LogP contribution is -2.14. The average Bonchev–Trinajstić information content (AvgIpc) is 2.86. The van der Waals surface area contributed by atoms with E-state index in [2.05, 4.69) is 9.71 Å². The van der Waals surface area contributed by atoms with E-state index in [0.717, 1.165) is 23.5 Å². The zero-order valence-corrected chi connectivity index (χ0v) is 13.5. The number of hydrogen-bond donors (Lipinski definition) is 3. The van der Waals surface area contributed by atoms with Crippen molar-refractivity contribution in [2.45, 2.75) is 4.90 Å². The zero-order chi connectivity index (χ0) is 17.5. The molecule has 10 heteroatoms. The number of aromatic carboxylic acids is 1. The van der Waals surface area contributed by atoms with Gasteiger partial charge in [0.25, 0.3) is 10.0 Å². The summed E-state index contributed by atoms with van der Waals surface area (Å²) in [5.74, 6) is -1.86. The third kappa shape index (κ3) is 3.01. The fourth-order valence-corrected chi connectivity index (χ4v) is 4.16. The number of nitrogen functional groups attached to an aromatic ring is 1. The van der Waals surface area contributed by atoms with Crippen molar-refractivity contribution in [1.29, 1.82) is 0 Å². The van der Waals surface area contributed by atoms with Crippen molar-refractivity contribution in [1.82, 2.24) is 4.98 Å². The molecule has 0 fully saturated rings. The molecular weight excluding hydrogens is 357 g/mol. The molecule has 2 aromatic carbocycles. The number of nitrogens with zero attached hydrogens (tertiary/aromatic N) is 1. The van der Waals surface area contributed by atoms with Gasteiger partial charge >= 0.3 is 5.97 Å². The van der Waals surface area contributed by atoms with Crippen molar-refractivity contribution in [3.8, 4) is 0 Å². The predicted octanol–water partition coefficient (Wildman–Crippen LogP) is 2.52. The van der Waals surface area contributed by atoms with E-state index in [4.69, 9.17) is 10.8 Å². The van der Waals surface area contributed by atoms with Crippen LogP contribution in [0, 0.1) is 5.82 Å². The zero-order valence-electron chi connectivity index (χ0n) is 11.9. The van der Waals surface area contributed by atoms with Gasteiger partial charge in [-0.3, -0.25) is 4.72 Å². The van der Waals surface area contributed by atoms with Gasteiger partial charge in [0.2, 0.25) is 0 Å². The summed E-state index contributed by atoms with van der Waals surface area (Å²) >= 11 is 0.977. The van der Waals surface area contributed by atoms with Crippen LogP contribution in [-0.4, -0.2) is 24.5 Å². The number of thiazole rings is 1. The van der Waals surface area contributed by atoms with Gasteiger partial charge in [-0.1, -0.05) is 11.3 Å². The second-order valence-corrected chi connectivity index (χ2v) is 7.50. The molecule has 0 saturated carbocycles. The molecule has 1 heterocycles. The summed E-state index contributed by atoms with van der Waals surface area (Å²) < 4.78 is 41.3. The Morgan fingerprint density at radius 1 is 1.25 bits per heavy atom.